The predicted octanol–water partition coefficient (Wildman–Crippen LogP) is 3.04. The lowest BCUT2D eigenvalue weighted by atomic mass is 9.74. The van der Waals surface area contributed by atoms with Crippen LogP contribution in [0.15, 0.2) is 0 Å². The van der Waals surface area contributed by atoms with Crippen LogP contribution in [0.2, 0.25) is 0 Å². The SMILES string of the molecule is Cc1nn(CCO)c(C)c1CNC1CC(C)CCC1C(C)C. The molecule has 4 nitrogen and oxygen atoms in total. The molecule has 1 fully saturated rings. The molecule has 1 aliphatic carbocycles. The van der Waals surface area contributed by atoms with Gasteiger partial charge in [0.25, 0.3) is 0 Å². The van der Waals surface area contributed by atoms with Crippen LogP contribution in [0.25, 0.3) is 0 Å². The van der Waals surface area contributed by atoms with E-state index in [1.807, 2.05) is 4.68 Å². The summed E-state index contributed by atoms with van der Waals surface area (Å²) in [5.41, 5.74) is 3.57. The van der Waals surface area contributed by atoms with Gasteiger partial charge in [-0.3, -0.25) is 4.68 Å². The molecule has 0 radical (unpaired) electrons. The van der Waals surface area contributed by atoms with Crippen LogP contribution in [0.4, 0.5) is 0 Å². The molecule has 1 aliphatic rings. The van der Waals surface area contributed by atoms with Crippen LogP contribution in [0.5, 0.6) is 0 Å². The summed E-state index contributed by atoms with van der Waals surface area (Å²) in [5, 5.41) is 17.5. The minimum Gasteiger partial charge on any atom is -0.394 e. The number of hydrogen-bond acceptors (Lipinski definition) is 3. The molecule has 0 aromatic carbocycles. The molecular weight excluding hydrogens is 274 g/mol. The molecule has 126 valence electrons. The van der Waals surface area contributed by atoms with Gasteiger partial charge in [0.2, 0.25) is 0 Å². The average molecular weight is 307 g/mol. The second-order valence-electron chi connectivity index (χ2n) is 7.41. The number of aryl methyl sites for hydroxylation is 1. The first-order valence-electron chi connectivity index (χ1n) is 8.81. The highest BCUT2D eigenvalue weighted by Crippen LogP contribution is 2.33. The molecule has 1 saturated carbocycles. The summed E-state index contributed by atoms with van der Waals surface area (Å²) in [4.78, 5) is 0. The molecule has 1 aromatic rings. The Kier molecular flexibility index (Phi) is 6.04. The second-order valence-corrected chi connectivity index (χ2v) is 7.41. The Balaban J connectivity index is 2.04. The van der Waals surface area contributed by atoms with Crippen LogP contribution in [0, 0.1) is 31.6 Å². The number of hydrogen-bond donors (Lipinski definition) is 2. The van der Waals surface area contributed by atoms with E-state index in [1.54, 1.807) is 0 Å². The van der Waals surface area contributed by atoms with E-state index in [2.05, 4.69) is 45.0 Å². The van der Waals surface area contributed by atoms with Crippen molar-refractivity contribution in [2.45, 2.75) is 73.0 Å². The number of aliphatic hydroxyl groups is 1. The highest BCUT2D eigenvalue weighted by atomic mass is 16.3. The van der Waals surface area contributed by atoms with Crippen molar-refractivity contribution in [3.8, 4) is 0 Å². The molecule has 0 bridgehead atoms. The van der Waals surface area contributed by atoms with Gasteiger partial charge in [-0.05, 0) is 44.4 Å². The van der Waals surface area contributed by atoms with Crippen LogP contribution in [0.3, 0.4) is 0 Å². The van der Waals surface area contributed by atoms with Gasteiger partial charge in [0, 0.05) is 23.8 Å². The Hall–Kier alpha value is -0.870. The topological polar surface area (TPSA) is 50.1 Å². The van der Waals surface area contributed by atoms with Crippen molar-refractivity contribution in [2.24, 2.45) is 17.8 Å². The normalized spacial score (nSPS) is 25.9. The molecule has 1 aromatic heterocycles. The second kappa shape index (κ2) is 7.60. The van der Waals surface area contributed by atoms with Crippen molar-refractivity contribution in [3.05, 3.63) is 17.0 Å². The smallest absolute Gasteiger partial charge is 0.0644 e. The fourth-order valence-electron chi connectivity index (χ4n) is 3.97. The molecule has 4 heteroatoms. The summed E-state index contributed by atoms with van der Waals surface area (Å²) >= 11 is 0. The standard InChI is InChI=1S/C18H33N3O/c1-12(2)16-7-6-13(3)10-18(16)19-11-17-14(4)20-21(8-9-22)15(17)5/h12-13,16,18-19,22H,6-11H2,1-5H3. The summed E-state index contributed by atoms with van der Waals surface area (Å²) < 4.78 is 1.93. The molecule has 0 amide bonds. The zero-order chi connectivity index (χ0) is 16.3. The third-order valence-electron chi connectivity index (χ3n) is 5.41. The maximum Gasteiger partial charge on any atom is 0.0644 e. The largest absolute Gasteiger partial charge is 0.394 e. The van der Waals surface area contributed by atoms with Gasteiger partial charge in [-0.2, -0.15) is 5.10 Å². The van der Waals surface area contributed by atoms with Gasteiger partial charge < -0.3 is 10.4 Å². The van der Waals surface area contributed by atoms with Crippen LogP contribution < -0.4 is 5.32 Å². The first-order chi connectivity index (χ1) is 10.4. The van der Waals surface area contributed by atoms with Gasteiger partial charge in [-0.25, -0.2) is 0 Å². The molecule has 0 spiro atoms. The van der Waals surface area contributed by atoms with Gasteiger partial charge in [-0.15, -0.1) is 0 Å². The molecule has 1 heterocycles. The first-order valence-corrected chi connectivity index (χ1v) is 8.81. The van der Waals surface area contributed by atoms with Crippen molar-refractivity contribution < 1.29 is 5.11 Å². The lowest BCUT2D eigenvalue weighted by molar-refractivity contribution is 0.169. The van der Waals surface area contributed by atoms with Gasteiger partial charge in [0.15, 0.2) is 0 Å². The molecule has 0 aliphatic heterocycles. The van der Waals surface area contributed by atoms with Crippen molar-refractivity contribution in [2.75, 3.05) is 6.61 Å². The zero-order valence-electron chi connectivity index (χ0n) is 14.9. The highest BCUT2D eigenvalue weighted by molar-refractivity contribution is 5.24. The lowest BCUT2D eigenvalue weighted by Gasteiger charge is -2.38. The van der Waals surface area contributed by atoms with Crippen molar-refractivity contribution in [1.29, 1.82) is 0 Å². The fourth-order valence-corrected chi connectivity index (χ4v) is 3.97. The third kappa shape index (κ3) is 3.90. The maximum absolute atomic E-state index is 9.13. The number of nitrogens with one attached hydrogen (secondary N) is 1. The summed E-state index contributed by atoms with van der Waals surface area (Å²) in [6, 6.07) is 0.615. The van der Waals surface area contributed by atoms with Crippen molar-refractivity contribution >= 4 is 0 Å². The third-order valence-corrected chi connectivity index (χ3v) is 5.41. The van der Waals surface area contributed by atoms with Gasteiger partial charge >= 0.3 is 0 Å². The van der Waals surface area contributed by atoms with E-state index in [9.17, 15) is 0 Å². The summed E-state index contributed by atoms with van der Waals surface area (Å²) in [6.45, 7) is 12.9. The van der Waals surface area contributed by atoms with E-state index in [1.165, 1.54) is 30.5 Å². The van der Waals surface area contributed by atoms with Crippen LogP contribution in [0.1, 0.15) is 57.0 Å². The van der Waals surface area contributed by atoms with Gasteiger partial charge in [0.05, 0.1) is 18.8 Å². The number of nitrogens with zero attached hydrogens (tertiary/aromatic N) is 2. The first kappa shape index (κ1) is 17.5. The average Bonchev–Trinajstić information content (AvgIpc) is 2.71. The molecular formula is C18H33N3O. The Bertz CT molecular complexity index is 481. The fraction of sp³-hybridized carbons (Fsp3) is 0.833. The van der Waals surface area contributed by atoms with Crippen molar-refractivity contribution in [3.63, 3.8) is 0 Å². The highest BCUT2D eigenvalue weighted by Gasteiger charge is 2.30. The van der Waals surface area contributed by atoms with E-state index >= 15 is 0 Å². The Morgan fingerprint density at radius 1 is 1.32 bits per heavy atom. The molecule has 2 N–H and O–H groups in total. The van der Waals surface area contributed by atoms with Gasteiger partial charge in [0.1, 0.15) is 0 Å². The van der Waals surface area contributed by atoms with E-state index in [-0.39, 0.29) is 6.61 Å². The molecule has 0 saturated heterocycles. The molecule has 3 unspecified atom stereocenters. The van der Waals surface area contributed by atoms with Crippen LogP contribution in [-0.4, -0.2) is 27.5 Å². The quantitative estimate of drug-likeness (QED) is 0.849. The minimum atomic E-state index is 0.143. The van der Waals surface area contributed by atoms with Crippen LogP contribution >= 0.6 is 0 Å². The summed E-state index contributed by atoms with van der Waals surface area (Å²) in [7, 11) is 0. The van der Waals surface area contributed by atoms with E-state index in [4.69, 9.17) is 5.11 Å². The summed E-state index contributed by atoms with van der Waals surface area (Å²) in [5.74, 6) is 2.35. The van der Waals surface area contributed by atoms with Crippen molar-refractivity contribution in [1.82, 2.24) is 15.1 Å². The van der Waals surface area contributed by atoms with Gasteiger partial charge in [-0.1, -0.05) is 27.2 Å². The summed E-state index contributed by atoms with van der Waals surface area (Å²) in [6.07, 6.45) is 4.00. The van der Waals surface area contributed by atoms with E-state index in [0.29, 0.717) is 12.6 Å². The van der Waals surface area contributed by atoms with Crippen LogP contribution in [-0.2, 0) is 13.1 Å². The number of aromatic nitrogens is 2. The Morgan fingerprint density at radius 2 is 2.05 bits per heavy atom. The molecule has 3 atom stereocenters. The minimum absolute atomic E-state index is 0.143. The monoisotopic (exact) mass is 307 g/mol. The molecule has 2 rings (SSSR count). The Labute approximate surface area is 135 Å². The Morgan fingerprint density at radius 3 is 2.68 bits per heavy atom. The lowest BCUT2D eigenvalue weighted by Crippen LogP contribution is -2.42. The number of rotatable bonds is 6. The zero-order valence-corrected chi connectivity index (χ0v) is 14.9. The van der Waals surface area contributed by atoms with E-state index in [0.717, 1.165) is 30.0 Å². The van der Waals surface area contributed by atoms with E-state index < -0.39 is 0 Å². The number of aliphatic hydroxyl groups excluding tert-OH is 1. The maximum atomic E-state index is 9.13. The molecule has 22 heavy (non-hydrogen) atoms. The predicted molar refractivity (Wildman–Crippen MR) is 90.8 cm³/mol.